The van der Waals surface area contributed by atoms with Crippen LogP contribution in [0.5, 0.6) is 11.5 Å². The van der Waals surface area contributed by atoms with E-state index in [1.807, 2.05) is 30.0 Å². The van der Waals surface area contributed by atoms with E-state index in [-0.39, 0.29) is 17.6 Å². The van der Waals surface area contributed by atoms with Crippen molar-refractivity contribution in [3.8, 4) is 11.5 Å². The number of nitrogens with one attached hydrogen (secondary N) is 1. The van der Waals surface area contributed by atoms with Crippen LogP contribution in [0, 0.1) is 6.92 Å². The minimum Gasteiger partial charge on any atom is -0.493 e. The van der Waals surface area contributed by atoms with Gasteiger partial charge in [-0.3, -0.25) is 9.59 Å². The predicted octanol–water partition coefficient (Wildman–Crippen LogP) is 4.12. The van der Waals surface area contributed by atoms with Crippen molar-refractivity contribution in [1.29, 1.82) is 0 Å². The van der Waals surface area contributed by atoms with Crippen LogP contribution in [-0.2, 0) is 13.0 Å². The van der Waals surface area contributed by atoms with Gasteiger partial charge in [0.25, 0.3) is 11.8 Å². The van der Waals surface area contributed by atoms with E-state index in [0.717, 1.165) is 23.1 Å². The Balaban J connectivity index is 1.51. The second-order valence-corrected chi connectivity index (χ2v) is 8.06. The standard InChI is InChI=1S/C22H22N2O5S/c1-13-9-19(23-21(25)16-5-4-8-29-16)30-20(13)22(26)24-7-6-14-10-17(27-2)18(28-3)11-15(14)12-24/h4-5,8-11H,6-7,12H2,1-3H3,(H,23,25). The number of benzene rings is 1. The van der Waals surface area contributed by atoms with E-state index in [2.05, 4.69) is 5.32 Å². The average molecular weight is 426 g/mol. The van der Waals surface area contributed by atoms with Crippen LogP contribution in [0.1, 0.15) is 36.9 Å². The van der Waals surface area contributed by atoms with E-state index >= 15 is 0 Å². The molecule has 0 saturated heterocycles. The molecule has 2 amide bonds. The third-order valence-corrected chi connectivity index (χ3v) is 6.24. The fourth-order valence-corrected chi connectivity index (χ4v) is 4.57. The number of ether oxygens (including phenoxy) is 2. The van der Waals surface area contributed by atoms with Crippen molar-refractivity contribution in [3.05, 3.63) is 63.9 Å². The molecule has 0 aliphatic carbocycles. The SMILES string of the molecule is COc1cc2c(cc1OC)CN(C(=O)c1sc(NC(=O)c3ccco3)cc1C)CC2. The first kappa shape index (κ1) is 20.0. The smallest absolute Gasteiger partial charge is 0.291 e. The first-order valence-electron chi connectivity index (χ1n) is 9.48. The Morgan fingerprint density at radius 2 is 1.87 bits per heavy atom. The maximum atomic E-state index is 13.2. The quantitative estimate of drug-likeness (QED) is 0.664. The van der Waals surface area contributed by atoms with Gasteiger partial charge in [0, 0.05) is 13.1 Å². The molecule has 0 saturated carbocycles. The third-order valence-electron chi connectivity index (χ3n) is 5.10. The lowest BCUT2D eigenvalue weighted by atomic mass is 9.98. The number of aryl methyl sites for hydroxylation is 1. The minimum absolute atomic E-state index is 0.0450. The minimum atomic E-state index is -0.340. The zero-order valence-electron chi connectivity index (χ0n) is 17.0. The monoisotopic (exact) mass is 426 g/mol. The van der Waals surface area contributed by atoms with Crippen LogP contribution in [-0.4, -0.2) is 37.5 Å². The number of rotatable bonds is 5. The summed E-state index contributed by atoms with van der Waals surface area (Å²) in [5.74, 6) is 1.19. The Labute approximate surface area is 178 Å². The highest BCUT2D eigenvalue weighted by Crippen LogP contribution is 2.35. The van der Waals surface area contributed by atoms with Crippen LogP contribution in [0.3, 0.4) is 0 Å². The maximum absolute atomic E-state index is 13.2. The van der Waals surface area contributed by atoms with E-state index in [0.29, 0.717) is 34.5 Å². The summed E-state index contributed by atoms with van der Waals surface area (Å²) in [4.78, 5) is 27.8. The van der Waals surface area contributed by atoms with Crippen LogP contribution in [0.2, 0.25) is 0 Å². The third kappa shape index (κ3) is 3.78. The zero-order valence-corrected chi connectivity index (χ0v) is 17.8. The van der Waals surface area contributed by atoms with Gasteiger partial charge in [0.2, 0.25) is 0 Å². The summed E-state index contributed by atoms with van der Waals surface area (Å²) in [6.45, 7) is 2.99. The summed E-state index contributed by atoms with van der Waals surface area (Å²) >= 11 is 1.27. The van der Waals surface area contributed by atoms with Gasteiger partial charge in [-0.2, -0.15) is 0 Å². The highest BCUT2D eigenvalue weighted by Gasteiger charge is 2.26. The lowest BCUT2D eigenvalue weighted by molar-refractivity contribution is 0.0738. The van der Waals surface area contributed by atoms with E-state index in [1.165, 1.54) is 17.6 Å². The molecule has 3 aromatic rings. The van der Waals surface area contributed by atoms with Gasteiger partial charge in [-0.05, 0) is 60.4 Å². The van der Waals surface area contributed by atoms with Crippen molar-refractivity contribution >= 4 is 28.2 Å². The largest absolute Gasteiger partial charge is 0.493 e. The van der Waals surface area contributed by atoms with Crippen molar-refractivity contribution in [2.45, 2.75) is 19.9 Å². The predicted molar refractivity (Wildman–Crippen MR) is 114 cm³/mol. The highest BCUT2D eigenvalue weighted by molar-refractivity contribution is 7.18. The Morgan fingerprint density at radius 3 is 2.53 bits per heavy atom. The van der Waals surface area contributed by atoms with Crippen molar-refractivity contribution in [3.63, 3.8) is 0 Å². The number of thiophene rings is 1. The van der Waals surface area contributed by atoms with Crippen molar-refractivity contribution in [1.82, 2.24) is 4.90 Å². The first-order valence-corrected chi connectivity index (χ1v) is 10.3. The van der Waals surface area contributed by atoms with Gasteiger partial charge < -0.3 is 24.1 Å². The van der Waals surface area contributed by atoms with E-state index in [1.54, 1.807) is 26.4 Å². The molecule has 30 heavy (non-hydrogen) atoms. The summed E-state index contributed by atoms with van der Waals surface area (Å²) in [6, 6.07) is 8.97. The van der Waals surface area contributed by atoms with Crippen LogP contribution < -0.4 is 14.8 Å². The van der Waals surface area contributed by atoms with Gasteiger partial charge in [-0.25, -0.2) is 0 Å². The Hall–Kier alpha value is -3.26. The highest BCUT2D eigenvalue weighted by atomic mass is 32.1. The summed E-state index contributed by atoms with van der Waals surface area (Å²) < 4.78 is 15.9. The van der Waals surface area contributed by atoms with E-state index in [4.69, 9.17) is 13.9 Å². The summed E-state index contributed by atoms with van der Waals surface area (Å²) in [5, 5.41) is 3.40. The number of amides is 2. The summed E-state index contributed by atoms with van der Waals surface area (Å²) in [6.07, 6.45) is 2.19. The fourth-order valence-electron chi connectivity index (χ4n) is 3.54. The number of carbonyl (C=O) groups excluding carboxylic acids is 2. The van der Waals surface area contributed by atoms with Crippen molar-refractivity contribution in [2.75, 3.05) is 26.1 Å². The molecule has 4 rings (SSSR count). The fraction of sp³-hybridized carbons (Fsp3) is 0.273. The van der Waals surface area contributed by atoms with Crippen LogP contribution in [0.4, 0.5) is 5.00 Å². The molecule has 0 atom stereocenters. The number of nitrogens with zero attached hydrogens (tertiary/aromatic N) is 1. The molecule has 0 radical (unpaired) electrons. The maximum Gasteiger partial charge on any atom is 0.291 e. The number of furan rings is 1. The molecule has 0 spiro atoms. The Kier molecular flexibility index (Phi) is 5.50. The molecule has 0 bridgehead atoms. The molecule has 3 heterocycles. The summed E-state index contributed by atoms with van der Waals surface area (Å²) in [5.41, 5.74) is 3.04. The van der Waals surface area contributed by atoms with Crippen molar-refractivity contribution < 1.29 is 23.5 Å². The topological polar surface area (TPSA) is 81.0 Å². The molecule has 0 unspecified atom stereocenters. The molecule has 1 aliphatic heterocycles. The molecule has 8 heteroatoms. The number of fused-ring (bicyclic) bond motifs is 1. The zero-order chi connectivity index (χ0) is 21.3. The molecule has 2 aromatic heterocycles. The molecule has 1 aromatic carbocycles. The van der Waals surface area contributed by atoms with Gasteiger partial charge in [-0.1, -0.05) is 0 Å². The second-order valence-electron chi connectivity index (χ2n) is 7.01. The average Bonchev–Trinajstić information content (AvgIpc) is 3.41. The Morgan fingerprint density at radius 1 is 1.13 bits per heavy atom. The van der Waals surface area contributed by atoms with Gasteiger partial charge in [0.15, 0.2) is 17.3 Å². The van der Waals surface area contributed by atoms with Gasteiger partial charge >= 0.3 is 0 Å². The lowest BCUT2D eigenvalue weighted by Gasteiger charge is -2.29. The number of methoxy groups -OCH3 is 2. The second kappa shape index (κ2) is 8.23. The Bertz CT molecular complexity index is 1090. The normalized spacial score (nSPS) is 13.0. The molecule has 1 aliphatic rings. The summed E-state index contributed by atoms with van der Waals surface area (Å²) in [7, 11) is 3.22. The molecule has 1 N–H and O–H groups in total. The van der Waals surface area contributed by atoms with Crippen LogP contribution in [0.15, 0.2) is 41.0 Å². The van der Waals surface area contributed by atoms with E-state index < -0.39 is 0 Å². The number of hydrogen-bond donors (Lipinski definition) is 1. The molecule has 7 nitrogen and oxygen atoms in total. The van der Waals surface area contributed by atoms with Gasteiger partial charge in [0.1, 0.15) is 0 Å². The lowest BCUT2D eigenvalue weighted by Crippen LogP contribution is -2.35. The number of carbonyl (C=O) groups is 2. The van der Waals surface area contributed by atoms with E-state index in [9.17, 15) is 9.59 Å². The van der Waals surface area contributed by atoms with Crippen LogP contribution in [0.25, 0.3) is 0 Å². The van der Waals surface area contributed by atoms with Crippen molar-refractivity contribution in [2.24, 2.45) is 0 Å². The number of hydrogen-bond acceptors (Lipinski definition) is 6. The van der Waals surface area contributed by atoms with Gasteiger partial charge in [-0.15, -0.1) is 11.3 Å². The number of anilines is 1. The first-order chi connectivity index (χ1) is 14.5. The molecule has 156 valence electrons. The molecular weight excluding hydrogens is 404 g/mol. The molecular formula is C22H22N2O5S. The molecule has 0 fully saturated rings. The van der Waals surface area contributed by atoms with Crippen LogP contribution >= 0.6 is 11.3 Å². The van der Waals surface area contributed by atoms with Gasteiger partial charge in [0.05, 0.1) is 30.4 Å².